The summed E-state index contributed by atoms with van der Waals surface area (Å²) in [5.74, 6) is 0.928. The number of anilines is 1. The van der Waals surface area contributed by atoms with Crippen molar-refractivity contribution in [1.82, 2.24) is 9.88 Å². The average Bonchev–Trinajstić information content (AvgIpc) is 2.98. The van der Waals surface area contributed by atoms with Crippen molar-refractivity contribution in [2.24, 2.45) is 5.73 Å². The molecule has 28 heavy (non-hydrogen) atoms. The van der Waals surface area contributed by atoms with Gasteiger partial charge >= 0.3 is 0 Å². The molecule has 148 valence electrons. The molecule has 0 bridgehead atoms. The van der Waals surface area contributed by atoms with E-state index in [9.17, 15) is 9.59 Å². The highest BCUT2D eigenvalue weighted by atomic mass is 16.2. The third-order valence-corrected chi connectivity index (χ3v) is 5.37. The van der Waals surface area contributed by atoms with Crippen molar-refractivity contribution >= 4 is 17.6 Å². The van der Waals surface area contributed by atoms with Crippen molar-refractivity contribution in [1.29, 1.82) is 0 Å². The number of primary amides is 1. The Morgan fingerprint density at radius 2 is 1.93 bits per heavy atom. The van der Waals surface area contributed by atoms with Gasteiger partial charge in [-0.15, -0.1) is 0 Å². The number of hydrogen-bond donors (Lipinski definition) is 1. The molecule has 6 heteroatoms. The molecule has 1 aromatic carbocycles. The maximum Gasteiger partial charge on any atom is 0.255 e. The van der Waals surface area contributed by atoms with Crippen LogP contribution in [0.15, 0.2) is 48.7 Å². The topological polar surface area (TPSA) is 79.5 Å². The molecular formula is C22H28N4O2. The summed E-state index contributed by atoms with van der Waals surface area (Å²) in [6, 6.07) is 14.2. The Kier molecular flexibility index (Phi) is 6.63. The van der Waals surface area contributed by atoms with E-state index in [0.717, 1.165) is 38.2 Å². The first-order valence-corrected chi connectivity index (χ1v) is 9.84. The number of likely N-dealkylation sites (tertiary alicyclic amines) is 1. The first kappa shape index (κ1) is 19.9. The molecule has 6 nitrogen and oxygen atoms in total. The Bertz CT molecular complexity index is 792. The van der Waals surface area contributed by atoms with Gasteiger partial charge in [-0.05, 0) is 42.9 Å². The zero-order valence-corrected chi connectivity index (χ0v) is 16.4. The molecule has 1 aliphatic rings. The average molecular weight is 380 g/mol. The van der Waals surface area contributed by atoms with Crippen LogP contribution in [0, 0.1) is 0 Å². The van der Waals surface area contributed by atoms with Gasteiger partial charge in [0.1, 0.15) is 5.82 Å². The summed E-state index contributed by atoms with van der Waals surface area (Å²) in [7, 11) is 1.85. The number of carbonyl (C=O) groups is 2. The van der Waals surface area contributed by atoms with Crippen molar-refractivity contribution in [3.63, 3.8) is 0 Å². The van der Waals surface area contributed by atoms with Crippen molar-refractivity contribution < 1.29 is 9.59 Å². The molecule has 3 rings (SSSR count). The molecular weight excluding hydrogens is 352 g/mol. The summed E-state index contributed by atoms with van der Waals surface area (Å²) in [4.78, 5) is 32.0. The van der Waals surface area contributed by atoms with Crippen LogP contribution in [0.25, 0.3) is 0 Å². The fourth-order valence-corrected chi connectivity index (χ4v) is 3.67. The lowest BCUT2D eigenvalue weighted by Crippen LogP contribution is -2.32. The van der Waals surface area contributed by atoms with Crippen molar-refractivity contribution in [3.05, 3.63) is 59.8 Å². The quantitative estimate of drug-likeness (QED) is 0.836. The van der Waals surface area contributed by atoms with E-state index in [1.54, 1.807) is 6.20 Å². The van der Waals surface area contributed by atoms with Crippen LogP contribution in [-0.4, -0.2) is 48.4 Å². The minimum Gasteiger partial charge on any atom is -0.370 e. The molecule has 0 radical (unpaired) electrons. The molecule has 1 aliphatic heterocycles. The van der Waals surface area contributed by atoms with Gasteiger partial charge in [0, 0.05) is 39.3 Å². The second-order valence-corrected chi connectivity index (χ2v) is 7.37. The third kappa shape index (κ3) is 5.09. The largest absolute Gasteiger partial charge is 0.370 e. The lowest BCUT2D eigenvalue weighted by atomic mass is 9.92. The van der Waals surface area contributed by atoms with Crippen LogP contribution in [0.4, 0.5) is 5.82 Å². The Morgan fingerprint density at radius 3 is 2.61 bits per heavy atom. The molecule has 2 aromatic rings. The predicted molar refractivity (Wildman–Crippen MR) is 110 cm³/mol. The van der Waals surface area contributed by atoms with Crippen LogP contribution >= 0.6 is 0 Å². The summed E-state index contributed by atoms with van der Waals surface area (Å²) in [6.45, 7) is 2.05. The Hall–Kier alpha value is -2.89. The lowest BCUT2D eigenvalue weighted by molar-refractivity contribution is -0.117. The standard InChI is InChI=1S/C22H28N4O2/c1-25(14-12-20(23)27)21-10-9-19(16-24-21)22(28)26-13-5-8-18(11-15-26)17-6-3-2-4-7-17/h2-4,6-7,9-10,16,18H,5,8,11-15H2,1H3,(H2,23,27)/t18-/m1/s1. The number of rotatable bonds is 6. The van der Waals surface area contributed by atoms with Gasteiger partial charge in [0.25, 0.3) is 5.91 Å². The van der Waals surface area contributed by atoms with E-state index in [-0.39, 0.29) is 18.2 Å². The fraction of sp³-hybridized carbons (Fsp3) is 0.409. The van der Waals surface area contributed by atoms with Crippen LogP contribution in [0.5, 0.6) is 0 Å². The molecule has 0 saturated carbocycles. The molecule has 0 aliphatic carbocycles. The number of amides is 2. The van der Waals surface area contributed by atoms with Crippen molar-refractivity contribution in [2.75, 3.05) is 31.6 Å². The maximum atomic E-state index is 12.9. The molecule has 1 saturated heterocycles. The summed E-state index contributed by atoms with van der Waals surface area (Å²) < 4.78 is 0. The number of benzene rings is 1. The second-order valence-electron chi connectivity index (χ2n) is 7.37. The van der Waals surface area contributed by atoms with Crippen LogP contribution in [0.1, 0.15) is 47.5 Å². The second kappa shape index (κ2) is 9.35. The predicted octanol–water partition coefficient (Wildman–Crippen LogP) is 2.80. The highest BCUT2D eigenvalue weighted by Gasteiger charge is 2.22. The fourth-order valence-electron chi connectivity index (χ4n) is 3.67. The van der Waals surface area contributed by atoms with E-state index >= 15 is 0 Å². The van der Waals surface area contributed by atoms with E-state index in [0.29, 0.717) is 18.0 Å². The Morgan fingerprint density at radius 1 is 1.14 bits per heavy atom. The number of nitrogens with zero attached hydrogens (tertiary/aromatic N) is 3. The highest BCUT2D eigenvalue weighted by Crippen LogP contribution is 2.28. The minimum absolute atomic E-state index is 0.0348. The smallest absolute Gasteiger partial charge is 0.255 e. The van der Waals surface area contributed by atoms with Gasteiger partial charge < -0.3 is 15.5 Å². The van der Waals surface area contributed by atoms with Crippen LogP contribution in [0.3, 0.4) is 0 Å². The number of carbonyl (C=O) groups excluding carboxylic acids is 2. The van der Waals surface area contributed by atoms with E-state index < -0.39 is 0 Å². The lowest BCUT2D eigenvalue weighted by Gasteiger charge is -2.21. The molecule has 1 atom stereocenters. The van der Waals surface area contributed by atoms with Gasteiger partial charge in [-0.3, -0.25) is 9.59 Å². The van der Waals surface area contributed by atoms with Gasteiger partial charge in [-0.2, -0.15) is 0 Å². The Balaban J connectivity index is 1.60. The molecule has 2 amide bonds. The van der Waals surface area contributed by atoms with Crippen molar-refractivity contribution in [2.45, 2.75) is 31.6 Å². The minimum atomic E-state index is -0.339. The molecule has 1 aromatic heterocycles. The zero-order chi connectivity index (χ0) is 19.9. The SMILES string of the molecule is CN(CCC(N)=O)c1ccc(C(=O)N2CCC[C@@H](c3ccccc3)CC2)cn1. The van der Waals surface area contributed by atoms with Gasteiger partial charge in [0.05, 0.1) is 5.56 Å². The Labute approximate surface area is 166 Å². The number of aromatic nitrogens is 1. The summed E-state index contributed by atoms with van der Waals surface area (Å²) >= 11 is 0. The normalized spacial score (nSPS) is 17.0. The molecule has 2 heterocycles. The first-order chi connectivity index (χ1) is 13.5. The van der Waals surface area contributed by atoms with Crippen LogP contribution in [-0.2, 0) is 4.79 Å². The van der Waals surface area contributed by atoms with Gasteiger partial charge in [-0.1, -0.05) is 30.3 Å². The summed E-state index contributed by atoms with van der Waals surface area (Å²) in [6.07, 6.45) is 4.99. The van der Waals surface area contributed by atoms with Crippen LogP contribution < -0.4 is 10.6 Å². The third-order valence-electron chi connectivity index (χ3n) is 5.37. The maximum absolute atomic E-state index is 12.9. The summed E-state index contributed by atoms with van der Waals surface area (Å²) in [5, 5.41) is 0. The van der Waals surface area contributed by atoms with E-state index in [2.05, 4.69) is 29.2 Å². The van der Waals surface area contributed by atoms with Gasteiger partial charge in [0.2, 0.25) is 5.91 Å². The zero-order valence-electron chi connectivity index (χ0n) is 16.4. The molecule has 0 spiro atoms. The highest BCUT2D eigenvalue weighted by molar-refractivity contribution is 5.94. The van der Waals surface area contributed by atoms with E-state index in [1.165, 1.54) is 5.56 Å². The van der Waals surface area contributed by atoms with E-state index in [4.69, 9.17) is 5.73 Å². The number of nitrogens with two attached hydrogens (primary N) is 1. The van der Waals surface area contributed by atoms with Crippen molar-refractivity contribution in [3.8, 4) is 0 Å². The monoisotopic (exact) mass is 380 g/mol. The van der Waals surface area contributed by atoms with Gasteiger partial charge in [0.15, 0.2) is 0 Å². The van der Waals surface area contributed by atoms with E-state index in [1.807, 2.05) is 35.0 Å². The molecule has 0 unspecified atom stereocenters. The summed E-state index contributed by atoms with van der Waals surface area (Å²) in [5.41, 5.74) is 7.15. The number of pyridine rings is 1. The van der Waals surface area contributed by atoms with Crippen LogP contribution in [0.2, 0.25) is 0 Å². The molecule has 1 fully saturated rings. The first-order valence-electron chi connectivity index (χ1n) is 9.84. The van der Waals surface area contributed by atoms with Gasteiger partial charge in [-0.25, -0.2) is 4.98 Å². The number of hydrogen-bond acceptors (Lipinski definition) is 4. The molecule has 2 N–H and O–H groups in total.